The van der Waals surface area contributed by atoms with Crippen molar-refractivity contribution in [2.24, 2.45) is 11.3 Å². The van der Waals surface area contributed by atoms with E-state index < -0.39 is 5.97 Å². The Labute approximate surface area is 127 Å². The highest BCUT2D eigenvalue weighted by molar-refractivity contribution is 5.70. The number of carboxylic acids is 1. The molecule has 2 rings (SSSR count). The van der Waals surface area contributed by atoms with Gasteiger partial charge in [-0.05, 0) is 30.2 Å². The van der Waals surface area contributed by atoms with E-state index in [2.05, 4.69) is 50.4 Å². The lowest BCUT2D eigenvalue weighted by Gasteiger charge is -2.38. The number of carbonyl (C=O) groups is 1. The van der Waals surface area contributed by atoms with Crippen LogP contribution in [0.2, 0.25) is 0 Å². The molecular weight excluding hydrogens is 262 g/mol. The molecular formula is C18H27NO2. The molecule has 1 aliphatic carbocycles. The van der Waals surface area contributed by atoms with Crippen molar-refractivity contribution in [3.05, 3.63) is 35.9 Å². The molecule has 3 atom stereocenters. The third-order valence-electron chi connectivity index (χ3n) is 4.42. The Bertz CT molecular complexity index is 464. The largest absolute Gasteiger partial charge is 0.481 e. The van der Waals surface area contributed by atoms with Crippen LogP contribution >= 0.6 is 0 Å². The van der Waals surface area contributed by atoms with Gasteiger partial charge in [-0.25, -0.2) is 0 Å². The van der Waals surface area contributed by atoms with Crippen molar-refractivity contribution in [1.29, 1.82) is 0 Å². The number of benzene rings is 1. The van der Waals surface area contributed by atoms with Crippen molar-refractivity contribution in [1.82, 2.24) is 5.32 Å². The van der Waals surface area contributed by atoms with Gasteiger partial charge in [0.05, 0.1) is 5.92 Å². The first kappa shape index (κ1) is 16.0. The molecule has 3 heteroatoms. The highest BCUT2D eigenvalue weighted by Crippen LogP contribution is 2.35. The van der Waals surface area contributed by atoms with Gasteiger partial charge in [0.25, 0.3) is 0 Å². The zero-order valence-corrected chi connectivity index (χ0v) is 13.3. The zero-order valence-electron chi connectivity index (χ0n) is 13.3. The second kappa shape index (κ2) is 6.61. The summed E-state index contributed by atoms with van der Waals surface area (Å²) in [6, 6.07) is 11.0. The number of rotatable bonds is 4. The van der Waals surface area contributed by atoms with E-state index >= 15 is 0 Å². The number of hydrogen-bond acceptors (Lipinski definition) is 2. The van der Waals surface area contributed by atoms with Gasteiger partial charge < -0.3 is 10.4 Å². The molecule has 0 saturated heterocycles. The van der Waals surface area contributed by atoms with E-state index in [1.54, 1.807) is 0 Å². The maximum atomic E-state index is 11.2. The fraction of sp³-hybridized carbons (Fsp3) is 0.611. The van der Waals surface area contributed by atoms with E-state index in [1.807, 2.05) is 6.07 Å². The van der Waals surface area contributed by atoms with Crippen molar-refractivity contribution in [2.75, 3.05) is 0 Å². The van der Waals surface area contributed by atoms with Gasteiger partial charge in [0, 0.05) is 12.1 Å². The Morgan fingerprint density at radius 1 is 1.24 bits per heavy atom. The summed E-state index contributed by atoms with van der Waals surface area (Å²) in [5, 5.41) is 13.0. The molecule has 21 heavy (non-hydrogen) atoms. The van der Waals surface area contributed by atoms with Crippen LogP contribution in [0.15, 0.2) is 30.3 Å². The normalized spacial score (nSPS) is 24.5. The molecule has 0 aromatic heterocycles. The quantitative estimate of drug-likeness (QED) is 0.880. The number of aliphatic carboxylic acids is 1. The molecule has 1 aromatic carbocycles. The van der Waals surface area contributed by atoms with Crippen LogP contribution in [0, 0.1) is 11.3 Å². The Hall–Kier alpha value is -1.35. The Balaban J connectivity index is 2.11. The number of nitrogens with one attached hydrogen (secondary N) is 1. The Kier molecular flexibility index (Phi) is 5.04. The van der Waals surface area contributed by atoms with E-state index in [0.717, 1.165) is 25.7 Å². The summed E-state index contributed by atoms with van der Waals surface area (Å²) >= 11 is 0. The highest BCUT2D eigenvalue weighted by Gasteiger charge is 2.32. The standard InChI is InChI=1S/C18H27NO2/c1-18(2,3)16(13-8-5-4-6-9-13)19-15-11-7-10-14(12-15)17(20)21/h4-6,8-9,14-16,19H,7,10-12H2,1-3H3,(H,20,21). The average Bonchev–Trinajstić information content (AvgIpc) is 2.45. The maximum absolute atomic E-state index is 11.2. The molecule has 116 valence electrons. The Morgan fingerprint density at radius 3 is 2.48 bits per heavy atom. The predicted molar refractivity (Wildman–Crippen MR) is 85.2 cm³/mol. The highest BCUT2D eigenvalue weighted by atomic mass is 16.4. The predicted octanol–water partition coefficient (Wildman–Crippen LogP) is 4.01. The number of hydrogen-bond donors (Lipinski definition) is 2. The van der Waals surface area contributed by atoms with E-state index in [0.29, 0.717) is 6.04 Å². The molecule has 0 radical (unpaired) electrons. The van der Waals surface area contributed by atoms with Gasteiger partial charge in [0.2, 0.25) is 0 Å². The topological polar surface area (TPSA) is 49.3 Å². The molecule has 0 bridgehead atoms. The maximum Gasteiger partial charge on any atom is 0.306 e. The molecule has 1 saturated carbocycles. The van der Waals surface area contributed by atoms with E-state index in [1.165, 1.54) is 5.56 Å². The summed E-state index contributed by atoms with van der Waals surface area (Å²) in [7, 11) is 0. The van der Waals surface area contributed by atoms with Crippen LogP contribution in [-0.4, -0.2) is 17.1 Å². The third-order valence-corrected chi connectivity index (χ3v) is 4.42. The van der Waals surface area contributed by atoms with E-state index in [-0.39, 0.29) is 17.4 Å². The fourth-order valence-electron chi connectivity index (χ4n) is 3.29. The van der Waals surface area contributed by atoms with Gasteiger partial charge in [-0.1, -0.05) is 57.5 Å². The molecule has 0 amide bonds. The van der Waals surface area contributed by atoms with Crippen molar-refractivity contribution >= 4 is 5.97 Å². The van der Waals surface area contributed by atoms with Gasteiger partial charge in [0.15, 0.2) is 0 Å². The van der Waals surface area contributed by atoms with Crippen molar-refractivity contribution < 1.29 is 9.90 Å². The summed E-state index contributed by atoms with van der Waals surface area (Å²) in [5.74, 6) is -0.832. The lowest BCUT2D eigenvalue weighted by atomic mass is 9.79. The smallest absolute Gasteiger partial charge is 0.306 e. The summed E-state index contributed by atoms with van der Waals surface area (Å²) in [4.78, 5) is 11.2. The monoisotopic (exact) mass is 289 g/mol. The third kappa shape index (κ3) is 4.31. The van der Waals surface area contributed by atoms with Gasteiger partial charge in [0.1, 0.15) is 0 Å². The first-order valence-electron chi connectivity index (χ1n) is 7.91. The van der Waals surface area contributed by atoms with Gasteiger partial charge in [-0.15, -0.1) is 0 Å². The molecule has 1 aliphatic rings. The van der Waals surface area contributed by atoms with Crippen molar-refractivity contribution in [2.45, 2.75) is 58.5 Å². The van der Waals surface area contributed by atoms with Crippen LogP contribution in [0.4, 0.5) is 0 Å². The lowest BCUT2D eigenvalue weighted by molar-refractivity contribution is -0.143. The minimum atomic E-state index is -0.645. The van der Waals surface area contributed by atoms with E-state index in [4.69, 9.17) is 0 Å². The second-order valence-electron chi connectivity index (χ2n) is 7.28. The van der Waals surface area contributed by atoms with Crippen LogP contribution in [0.25, 0.3) is 0 Å². The first-order chi connectivity index (χ1) is 9.88. The van der Waals surface area contributed by atoms with Gasteiger partial charge >= 0.3 is 5.97 Å². The zero-order chi connectivity index (χ0) is 15.5. The van der Waals surface area contributed by atoms with Crippen molar-refractivity contribution in [3.8, 4) is 0 Å². The molecule has 3 unspecified atom stereocenters. The van der Waals surface area contributed by atoms with Crippen LogP contribution in [-0.2, 0) is 4.79 Å². The van der Waals surface area contributed by atoms with Gasteiger partial charge in [-0.3, -0.25) is 4.79 Å². The van der Waals surface area contributed by atoms with E-state index in [9.17, 15) is 9.90 Å². The van der Waals surface area contributed by atoms with Crippen LogP contribution < -0.4 is 5.32 Å². The Morgan fingerprint density at radius 2 is 1.90 bits per heavy atom. The minimum Gasteiger partial charge on any atom is -0.481 e. The van der Waals surface area contributed by atoms with Gasteiger partial charge in [-0.2, -0.15) is 0 Å². The number of carboxylic acid groups (broad SMARTS) is 1. The fourth-order valence-corrected chi connectivity index (χ4v) is 3.29. The summed E-state index contributed by atoms with van der Waals surface area (Å²) in [6.45, 7) is 6.69. The van der Waals surface area contributed by atoms with Crippen LogP contribution in [0.1, 0.15) is 58.1 Å². The molecule has 1 aromatic rings. The molecule has 0 aliphatic heterocycles. The molecule has 2 N–H and O–H groups in total. The molecule has 3 nitrogen and oxygen atoms in total. The SMILES string of the molecule is CC(C)(C)C(NC1CCCC(C(=O)O)C1)c1ccccc1. The first-order valence-corrected chi connectivity index (χ1v) is 7.91. The molecule has 1 fully saturated rings. The molecule has 0 spiro atoms. The lowest BCUT2D eigenvalue weighted by Crippen LogP contribution is -2.42. The van der Waals surface area contributed by atoms with Crippen LogP contribution in [0.5, 0.6) is 0 Å². The van der Waals surface area contributed by atoms with Crippen LogP contribution in [0.3, 0.4) is 0 Å². The summed E-state index contributed by atoms with van der Waals surface area (Å²) in [6.07, 6.45) is 3.64. The second-order valence-corrected chi connectivity index (χ2v) is 7.28. The summed E-state index contributed by atoms with van der Waals surface area (Å²) < 4.78 is 0. The summed E-state index contributed by atoms with van der Waals surface area (Å²) in [5.41, 5.74) is 1.37. The molecule has 0 heterocycles. The van der Waals surface area contributed by atoms with Crippen molar-refractivity contribution in [3.63, 3.8) is 0 Å². The minimum absolute atomic E-state index is 0.0948. The average molecular weight is 289 g/mol.